The Balaban J connectivity index is 1.71. The smallest absolute Gasteiger partial charge is 0.0279 e. The molecule has 2 aliphatic rings. The quantitative estimate of drug-likeness (QED) is 0.615. The predicted molar refractivity (Wildman–Crippen MR) is 70.6 cm³/mol. The molecule has 2 heteroatoms. The van der Waals surface area contributed by atoms with Crippen molar-refractivity contribution in [3.63, 3.8) is 0 Å². The van der Waals surface area contributed by atoms with Crippen LogP contribution in [0, 0.1) is 5.92 Å². The molecule has 17 heavy (non-hydrogen) atoms. The highest BCUT2D eigenvalue weighted by atomic mass is 15.2. The molecule has 0 radical (unpaired) electrons. The molecule has 2 nitrogen and oxygen atoms in total. The Morgan fingerprint density at radius 2 is 2.00 bits per heavy atom. The van der Waals surface area contributed by atoms with Gasteiger partial charge in [0.1, 0.15) is 0 Å². The minimum atomic E-state index is 0.475. The molecule has 1 unspecified atom stereocenters. The zero-order chi connectivity index (χ0) is 11.7. The molecule has 3 N–H and O–H groups in total. The lowest BCUT2D eigenvalue weighted by molar-refractivity contribution is 0.228. The van der Waals surface area contributed by atoms with E-state index in [1.807, 2.05) is 0 Å². The number of hydrogen-bond donors (Lipinski definition) is 2. The monoisotopic (exact) mass is 230 g/mol. The third-order valence-electron chi connectivity index (χ3n) is 4.55. The normalized spacial score (nSPS) is 21.0. The number of nitrogens with two attached hydrogens (primary N) is 1. The molecule has 1 fully saturated rings. The maximum atomic E-state index is 5.69. The molecule has 92 valence electrons. The van der Waals surface area contributed by atoms with Crippen LogP contribution in [0.15, 0.2) is 18.2 Å². The molecule has 3 rings (SSSR count). The van der Waals surface area contributed by atoms with E-state index in [1.165, 1.54) is 44.1 Å². The molecule has 1 saturated carbocycles. The van der Waals surface area contributed by atoms with Crippen LogP contribution in [0.4, 0.5) is 0 Å². The Morgan fingerprint density at radius 3 is 2.71 bits per heavy atom. The highest BCUT2D eigenvalue weighted by Gasteiger charge is 2.26. The van der Waals surface area contributed by atoms with Gasteiger partial charge in [0.05, 0.1) is 0 Å². The van der Waals surface area contributed by atoms with Gasteiger partial charge in [-0.2, -0.15) is 0 Å². The summed E-state index contributed by atoms with van der Waals surface area (Å²) < 4.78 is 0. The van der Waals surface area contributed by atoms with Crippen LogP contribution in [0.3, 0.4) is 0 Å². The maximum absolute atomic E-state index is 5.69. The van der Waals surface area contributed by atoms with Gasteiger partial charge in [0, 0.05) is 6.04 Å². The highest BCUT2D eigenvalue weighted by molar-refractivity contribution is 5.35. The van der Waals surface area contributed by atoms with Crippen molar-refractivity contribution in [2.75, 3.05) is 0 Å². The van der Waals surface area contributed by atoms with Gasteiger partial charge in [-0.3, -0.25) is 11.3 Å². The summed E-state index contributed by atoms with van der Waals surface area (Å²) in [6.07, 6.45) is 9.05. The van der Waals surface area contributed by atoms with Crippen molar-refractivity contribution < 1.29 is 0 Å². The topological polar surface area (TPSA) is 38.0 Å². The van der Waals surface area contributed by atoms with Crippen molar-refractivity contribution in [2.24, 2.45) is 11.8 Å². The summed E-state index contributed by atoms with van der Waals surface area (Å²) in [7, 11) is 0. The summed E-state index contributed by atoms with van der Waals surface area (Å²) in [5.41, 5.74) is 7.62. The molecule has 1 aromatic carbocycles. The first-order valence-corrected chi connectivity index (χ1v) is 6.93. The SMILES string of the molecule is NNC(Cc1ccc2c(c1)CCC2)C1CCC1. The Morgan fingerprint density at radius 1 is 1.18 bits per heavy atom. The van der Waals surface area contributed by atoms with Gasteiger partial charge in [-0.1, -0.05) is 24.6 Å². The van der Waals surface area contributed by atoms with Crippen molar-refractivity contribution >= 4 is 0 Å². The second kappa shape index (κ2) is 4.79. The van der Waals surface area contributed by atoms with E-state index in [1.54, 1.807) is 11.1 Å². The van der Waals surface area contributed by atoms with Gasteiger partial charge in [-0.05, 0) is 61.1 Å². The number of benzene rings is 1. The van der Waals surface area contributed by atoms with Crippen LogP contribution in [-0.2, 0) is 19.3 Å². The van der Waals surface area contributed by atoms with Gasteiger partial charge in [0.25, 0.3) is 0 Å². The van der Waals surface area contributed by atoms with Gasteiger partial charge in [-0.15, -0.1) is 0 Å². The molecule has 0 spiro atoms. The Bertz CT molecular complexity index is 396. The van der Waals surface area contributed by atoms with Crippen LogP contribution in [0.1, 0.15) is 42.4 Å². The standard InChI is InChI=1S/C15H22N2/c16-17-15(13-4-2-5-13)10-11-7-8-12-3-1-6-14(12)9-11/h7-9,13,15,17H,1-6,10,16H2. The lowest BCUT2D eigenvalue weighted by Gasteiger charge is -2.33. The van der Waals surface area contributed by atoms with Crippen LogP contribution < -0.4 is 11.3 Å². The van der Waals surface area contributed by atoms with Gasteiger partial charge in [-0.25, -0.2) is 0 Å². The Labute approximate surface area is 104 Å². The van der Waals surface area contributed by atoms with Crippen LogP contribution in [-0.4, -0.2) is 6.04 Å². The molecule has 2 aliphatic carbocycles. The average Bonchev–Trinajstić information content (AvgIpc) is 2.72. The molecular formula is C15H22N2. The van der Waals surface area contributed by atoms with Crippen LogP contribution >= 0.6 is 0 Å². The van der Waals surface area contributed by atoms with E-state index in [0.29, 0.717) is 6.04 Å². The van der Waals surface area contributed by atoms with E-state index in [2.05, 4.69) is 23.6 Å². The van der Waals surface area contributed by atoms with Crippen LogP contribution in [0.5, 0.6) is 0 Å². The molecule has 1 aromatic rings. The van der Waals surface area contributed by atoms with Crippen molar-refractivity contribution in [2.45, 2.75) is 51.0 Å². The van der Waals surface area contributed by atoms with E-state index < -0.39 is 0 Å². The lowest BCUT2D eigenvalue weighted by atomic mass is 9.78. The van der Waals surface area contributed by atoms with Gasteiger partial charge < -0.3 is 0 Å². The molecular weight excluding hydrogens is 208 g/mol. The molecule has 0 amide bonds. The zero-order valence-corrected chi connectivity index (χ0v) is 10.4. The summed E-state index contributed by atoms with van der Waals surface area (Å²) in [6.45, 7) is 0. The third kappa shape index (κ3) is 2.24. The second-order valence-corrected chi connectivity index (χ2v) is 5.62. The third-order valence-corrected chi connectivity index (χ3v) is 4.55. The lowest BCUT2D eigenvalue weighted by Crippen LogP contribution is -2.44. The number of hydrazine groups is 1. The minimum absolute atomic E-state index is 0.475. The summed E-state index contributed by atoms with van der Waals surface area (Å²) in [5.74, 6) is 6.49. The van der Waals surface area contributed by atoms with E-state index in [9.17, 15) is 0 Å². The maximum Gasteiger partial charge on any atom is 0.0279 e. The number of aryl methyl sites for hydroxylation is 2. The van der Waals surface area contributed by atoms with E-state index in [4.69, 9.17) is 5.84 Å². The zero-order valence-electron chi connectivity index (χ0n) is 10.4. The number of rotatable bonds is 4. The number of nitrogens with one attached hydrogen (secondary N) is 1. The van der Waals surface area contributed by atoms with E-state index >= 15 is 0 Å². The fourth-order valence-electron chi connectivity index (χ4n) is 3.21. The summed E-state index contributed by atoms with van der Waals surface area (Å²) in [5, 5.41) is 0. The first-order chi connectivity index (χ1) is 8.36. The molecule has 0 bridgehead atoms. The van der Waals surface area contributed by atoms with Crippen molar-refractivity contribution in [3.05, 3.63) is 34.9 Å². The van der Waals surface area contributed by atoms with Crippen molar-refractivity contribution in [3.8, 4) is 0 Å². The summed E-state index contributed by atoms with van der Waals surface area (Å²) in [6, 6.07) is 7.51. The minimum Gasteiger partial charge on any atom is -0.271 e. The molecule has 0 heterocycles. The van der Waals surface area contributed by atoms with Crippen LogP contribution in [0.2, 0.25) is 0 Å². The van der Waals surface area contributed by atoms with Crippen molar-refractivity contribution in [1.29, 1.82) is 0 Å². The predicted octanol–water partition coefficient (Wildman–Crippen LogP) is 2.35. The Hall–Kier alpha value is -0.860. The van der Waals surface area contributed by atoms with Gasteiger partial charge in [0.15, 0.2) is 0 Å². The molecule has 1 atom stereocenters. The van der Waals surface area contributed by atoms with E-state index in [-0.39, 0.29) is 0 Å². The number of hydrogen-bond acceptors (Lipinski definition) is 2. The summed E-state index contributed by atoms with van der Waals surface area (Å²) >= 11 is 0. The first kappa shape index (κ1) is 11.2. The fraction of sp³-hybridized carbons (Fsp3) is 0.600. The Kier molecular flexibility index (Phi) is 3.17. The summed E-state index contributed by atoms with van der Waals surface area (Å²) in [4.78, 5) is 0. The largest absolute Gasteiger partial charge is 0.271 e. The molecule has 0 saturated heterocycles. The molecule has 0 aliphatic heterocycles. The van der Waals surface area contributed by atoms with Crippen molar-refractivity contribution in [1.82, 2.24) is 5.43 Å². The molecule has 0 aromatic heterocycles. The average molecular weight is 230 g/mol. The van der Waals surface area contributed by atoms with Gasteiger partial charge in [0.2, 0.25) is 0 Å². The second-order valence-electron chi connectivity index (χ2n) is 5.62. The highest BCUT2D eigenvalue weighted by Crippen LogP contribution is 2.31. The van der Waals surface area contributed by atoms with Crippen LogP contribution in [0.25, 0.3) is 0 Å². The first-order valence-electron chi connectivity index (χ1n) is 6.93. The van der Waals surface area contributed by atoms with E-state index in [0.717, 1.165) is 12.3 Å². The fourth-order valence-corrected chi connectivity index (χ4v) is 3.21. The van der Waals surface area contributed by atoms with Gasteiger partial charge >= 0.3 is 0 Å². The number of fused-ring (bicyclic) bond motifs is 1.